The summed E-state index contributed by atoms with van der Waals surface area (Å²) in [5, 5.41) is 0. The standard InChI is InChI=1S/C16H28N2O2/c1-5-18(6-2)9-10-20-16-12-14(11-13(3)17)7-8-15(16)19-4/h7-8,12-13H,5-6,9-11,17H2,1-4H3. The van der Waals surface area contributed by atoms with Crippen molar-refractivity contribution in [3.8, 4) is 11.5 Å². The van der Waals surface area contributed by atoms with Crippen LogP contribution in [0.15, 0.2) is 18.2 Å². The highest BCUT2D eigenvalue weighted by molar-refractivity contribution is 5.43. The van der Waals surface area contributed by atoms with E-state index in [1.54, 1.807) is 7.11 Å². The Bertz CT molecular complexity index is 390. The zero-order valence-corrected chi connectivity index (χ0v) is 13.2. The number of hydrogen-bond donors (Lipinski definition) is 1. The second kappa shape index (κ2) is 8.82. The molecule has 0 aliphatic carbocycles. The van der Waals surface area contributed by atoms with Crippen LogP contribution in [0, 0.1) is 0 Å². The normalized spacial score (nSPS) is 12.5. The van der Waals surface area contributed by atoms with E-state index in [-0.39, 0.29) is 6.04 Å². The number of benzene rings is 1. The fourth-order valence-corrected chi connectivity index (χ4v) is 2.16. The highest BCUT2D eigenvalue weighted by Crippen LogP contribution is 2.28. The van der Waals surface area contributed by atoms with E-state index in [2.05, 4.69) is 18.7 Å². The van der Waals surface area contributed by atoms with E-state index in [1.807, 2.05) is 25.1 Å². The molecule has 1 atom stereocenters. The van der Waals surface area contributed by atoms with Gasteiger partial charge in [0.25, 0.3) is 0 Å². The molecule has 4 nitrogen and oxygen atoms in total. The number of nitrogens with two attached hydrogens (primary N) is 1. The predicted octanol–water partition coefficient (Wildman–Crippen LogP) is 2.31. The van der Waals surface area contributed by atoms with Crippen molar-refractivity contribution in [3.05, 3.63) is 23.8 Å². The van der Waals surface area contributed by atoms with Gasteiger partial charge in [-0.05, 0) is 44.1 Å². The van der Waals surface area contributed by atoms with Crippen LogP contribution in [-0.2, 0) is 6.42 Å². The van der Waals surface area contributed by atoms with Crippen LogP contribution >= 0.6 is 0 Å². The largest absolute Gasteiger partial charge is 0.493 e. The molecular formula is C16H28N2O2. The Morgan fingerprint density at radius 3 is 2.45 bits per heavy atom. The fourth-order valence-electron chi connectivity index (χ4n) is 2.16. The number of rotatable bonds is 9. The molecule has 1 unspecified atom stereocenters. The third-order valence-corrected chi connectivity index (χ3v) is 3.35. The summed E-state index contributed by atoms with van der Waals surface area (Å²) in [6.07, 6.45) is 0.844. The number of methoxy groups -OCH3 is 1. The molecule has 0 bridgehead atoms. The van der Waals surface area contributed by atoms with E-state index >= 15 is 0 Å². The molecule has 0 heterocycles. The lowest BCUT2D eigenvalue weighted by Gasteiger charge is -2.19. The lowest BCUT2D eigenvalue weighted by atomic mass is 10.1. The molecule has 0 aliphatic heterocycles. The van der Waals surface area contributed by atoms with E-state index in [1.165, 1.54) is 5.56 Å². The monoisotopic (exact) mass is 280 g/mol. The summed E-state index contributed by atoms with van der Waals surface area (Å²) in [4.78, 5) is 2.33. The lowest BCUT2D eigenvalue weighted by molar-refractivity contribution is 0.217. The predicted molar refractivity (Wildman–Crippen MR) is 83.6 cm³/mol. The lowest BCUT2D eigenvalue weighted by Crippen LogP contribution is -2.28. The van der Waals surface area contributed by atoms with Crippen LogP contribution in [0.5, 0.6) is 11.5 Å². The van der Waals surface area contributed by atoms with Gasteiger partial charge in [0.2, 0.25) is 0 Å². The minimum atomic E-state index is 0.145. The van der Waals surface area contributed by atoms with Crippen LogP contribution in [0.4, 0.5) is 0 Å². The van der Waals surface area contributed by atoms with E-state index in [0.717, 1.165) is 37.6 Å². The molecule has 2 N–H and O–H groups in total. The van der Waals surface area contributed by atoms with Gasteiger partial charge in [0, 0.05) is 12.6 Å². The second-order valence-corrected chi connectivity index (χ2v) is 5.04. The maximum Gasteiger partial charge on any atom is 0.161 e. The minimum absolute atomic E-state index is 0.145. The van der Waals surface area contributed by atoms with E-state index in [9.17, 15) is 0 Å². The second-order valence-electron chi connectivity index (χ2n) is 5.04. The van der Waals surface area contributed by atoms with Crippen molar-refractivity contribution in [1.82, 2.24) is 4.90 Å². The van der Waals surface area contributed by atoms with E-state index in [4.69, 9.17) is 15.2 Å². The van der Waals surface area contributed by atoms with Crippen molar-refractivity contribution >= 4 is 0 Å². The van der Waals surface area contributed by atoms with Crippen LogP contribution in [0.2, 0.25) is 0 Å². The Balaban J connectivity index is 2.66. The highest BCUT2D eigenvalue weighted by atomic mass is 16.5. The summed E-state index contributed by atoms with van der Waals surface area (Å²) in [7, 11) is 1.66. The maximum absolute atomic E-state index is 5.88. The van der Waals surface area contributed by atoms with Crippen molar-refractivity contribution in [2.75, 3.05) is 33.4 Å². The van der Waals surface area contributed by atoms with Crippen molar-refractivity contribution < 1.29 is 9.47 Å². The summed E-state index contributed by atoms with van der Waals surface area (Å²) in [5.41, 5.74) is 7.02. The molecule has 0 radical (unpaired) electrons. The molecule has 0 aromatic heterocycles. The smallest absolute Gasteiger partial charge is 0.161 e. The van der Waals surface area contributed by atoms with Crippen LogP contribution in [0.25, 0.3) is 0 Å². The Kier molecular flexibility index (Phi) is 7.41. The Hall–Kier alpha value is -1.26. The topological polar surface area (TPSA) is 47.7 Å². The Morgan fingerprint density at radius 2 is 1.90 bits per heavy atom. The van der Waals surface area contributed by atoms with Crippen molar-refractivity contribution in [2.24, 2.45) is 5.73 Å². The molecule has 20 heavy (non-hydrogen) atoms. The first-order valence-corrected chi connectivity index (χ1v) is 7.38. The Labute approximate surface area is 122 Å². The number of hydrogen-bond acceptors (Lipinski definition) is 4. The molecule has 1 aromatic rings. The molecule has 0 fully saturated rings. The molecule has 1 aromatic carbocycles. The van der Waals surface area contributed by atoms with Gasteiger partial charge in [-0.1, -0.05) is 19.9 Å². The summed E-state index contributed by atoms with van der Waals surface area (Å²) >= 11 is 0. The molecular weight excluding hydrogens is 252 g/mol. The quantitative estimate of drug-likeness (QED) is 0.754. The SMILES string of the molecule is CCN(CC)CCOc1cc(CC(C)N)ccc1OC. The van der Waals surface area contributed by atoms with Gasteiger partial charge in [-0.3, -0.25) is 0 Å². The summed E-state index contributed by atoms with van der Waals surface area (Å²) in [6, 6.07) is 6.17. The molecule has 1 rings (SSSR count). The van der Waals surface area contributed by atoms with Crippen molar-refractivity contribution in [1.29, 1.82) is 0 Å². The van der Waals surface area contributed by atoms with Crippen LogP contribution < -0.4 is 15.2 Å². The van der Waals surface area contributed by atoms with Crippen LogP contribution in [-0.4, -0.2) is 44.3 Å². The van der Waals surface area contributed by atoms with E-state index in [0.29, 0.717) is 6.61 Å². The summed E-state index contributed by atoms with van der Waals surface area (Å²) in [6.45, 7) is 10.0. The van der Waals surface area contributed by atoms with Gasteiger partial charge in [0.05, 0.1) is 7.11 Å². The third-order valence-electron chi connectivity index (χ3n) is 3.35. The van der Waals surface area contributed by atoms with Gasteiger partial charge < -0.3 is 20.1 Å². The molecule has 114 valence electrons. The molecule has 0 aliphatic rings. The van der Waals surface area contributed by atoms with Crippen molar-refractivity contribution in [3.63, 3.8) is 0 Å². The molecule has 0 amide bonds. The fraction of sp³-hybridized carbons (Fsp3) is 0.625. The summed E-state index contributed by atoms with van der Waals surface area (Å²) in [5.74, 6) is 1.58. The minimum Gasteiger partial charge on any atom is -0.493 e. The first kappa shape index (κ1) is 16.8. The van der Waals surface area contributed by atoms with E-state index < -0.39 is 0 Å². The van der Waals surface area contributed by atoms with Crippen LogP contribution in [0.3, 0.4) is 0 Å². The van der Waals surface area contributed by atoms with Gasteiger partial charge >= 0.3 is 0 Å². The maximum atomic E-state index is 5.88. The van der Waals surface area contributed by atoms with Gasteiger partial charge in [-0.2, -0.15) is 0 Å². The number of ether oxygens (including phenoxy) is 2. The van der Waals surface area contributed by atoms with Gasteiger partial charge in [0.1, 0.15) is 6.61 Å². The summed E-state index contributed by atoms with van der Waals surface area (Å²) < 4.78 is 11.2. The Morgan fingerprint density at radius 1 is 1.20 bits per heavy atom. The van der Waals surface area contributed by atoms with Gasteiger partial charge in [-0.25, -0.2) is 0 Å². The number of nitrogens with zero attached hydrogens (tertiary/aromatic N) is 1. The average molecular weight is 280 g/mol. The molecule has 0 saturated carbocycles. The van der Waals surface area contributed by atoms with Crippen LogP contribution in [0.1, 0.15) is 26.3 Å². The molecule has 0 spiro atoms. The van der Waals surface area contributed by atoms with Crippen molar-refractivity contribution in [2.45, 2.75) is 33.2 Å². The first-order valence-electron chi connectivity index (χ1n) is 7.38. The highest BCUT2D eigenvalue weighted by Gasteiger charge is 2.08. The third kappa shape index (κ3) is 5.39. The van der Waals surface area contributed by atoms with Gasteiger partial charge in [-0.15, -0.1) is 0 Å². The average Bonchev–Trinajstić information content (AvgIpc) is 2.43. The first-order chi connectivity index (χ1) is 9.60. The molecule has 4 heteroatoms. The molecule has 0 saturated heterocycles. The van der Waals surface area contributed by atoms with Gasteiger partial charge in [0.15, 0.2) is 11.5 Å². The number of likely N-dealkylation sites (N-methyl/N-ethyl adjacent to an activating group) is 1. The zero-order chi connectivity index (χ0) is 15.0. The zero-order valence-electron chi connectivity index (χ0n) is 13.2.